The normalized spacial score (nSPS) is 22.0. The molecular weight excluding hydrogens is 356 g/mol. The molecule has 148 valence electrons. The quantitative estimate of drug-likeness (QED) is 0.758. The number of allylic oxidation sites excluding steroid dienone is 1. The van der Waals surface area contributed by atoms with Crippen LogP contribution in [0.5, 0.6) is 5.75 Å². The molecule has 2 aromatic carbocycles. The van der Waals surface area contributed by atoms with Crippen LogP contribution in [0.25, 0.3) is 0 Å². The predicted octanol–water partition coefficient (Wildman–Crippen LogP) is 3.45. The van der Waals surface area contributed by atoms with Crippen LogP contribution in [0.4, 0.5) is 0 Å². The van der Waals surface area contributed by atoms with Crippen molar-refractivity contribution in [2.24, 2.45) is 0 Å². The minimum atomic E-state index is -1.35. The highest BCUT2D eigenvalue weighted by Crippen LogP contribution is 2.29. The number of ether oxygens (including phenoxy) is 3. The number of methoxy groups -OCH3 is 1. The van der Waals surface area contributed by atoms with Gasteiger partial charge < -0.3 is 19.3 Å². The second kappa shape index (κ2) is 9.15. The van der Waals surface area contributed by atoms with Gasteiger partial charge in [-0.15, -0.1) is 0 Å². The van der Waals surface area contributed by atoms with Crippen molar-refractivity contribution in [3.63, 3.8) is 0 Å². The highest BCUT2D eigenvalue weighted by Gasteiger charge is 2.41. The average molecular weight is 382 g/mol. The van der Waals surface area contributed by atoms with Gasteiger partial charge in [0.25, 0.3) is 0 Å². The molecule has 0 fully saturated rings. The fourth-order valence-electron chi connectivity index (χ4n) is 3.22. The zero-order chi connectivity index (χ0) is 20.0. The van der Waals surface area contributed by atoms with E-state index in [0.29, 0.717) is 18.8 Å². The van der Waals surface area contributed by atoms with Gasteiger partial charge in [0, 0.05) is 6.42 Å². The van der Waals surface area contributed by atoms with Gasteiger partial charge in [0.15, 0.2) is 5.78 Å². The number of rotatable bonds is 8. The van der Waals surface area contributed by atoms with Gasteiger partial charge in [0.2, 0.25) is 0 Å². The van der Waals surface area contributed by atoms with Crippen molar-refractivity contribution in [1.29, 1.82) is 0 Å². The summed E-state index contributed by atoms with van der Waals surface area (Å²) >= 11 is 0. The number of ketones is 1. The van der Waals surface area contributed by atoms with Crippen LogP contribution >= 0.6 is 0 Å². The number of aliphatic hydroxyl groups is 1. The molecule has 0 saturated heterocycles. The Hall–Kier alpha value is -2.47. The van der Waals surface area contributed by atoms with Crippen molar-refractivity contribution in [2.75, 3.05) is 13.7 Å². The highest BCUT2D eigenvalue weighted by molar-refractivity contribution is 5.96. The van der Waals surface area contributed by atoms with Crippen LogP contribution in [-0.2, 0) is 27.5 Å². The fourth-order valence-corrected chi connectivity index (χ4v) is 3.22. The lowest BCUT2D eigenvalue weighted by Crippen LogP contribution is -2.50. The summed E-state index contributed by atoms with van der Waals surface area (Å²) in [7, 11) is 1.62. The molecule has 0 spiro atoms. The molecule has 1 N–H and O–H groups in total. The van der Waals surface area contributed by atoms with Crippen molar-refractivity contribution in [3.05, 3.63) is 77.4 Å². The van der Waals surface area contributed by atoms with Crippen LogP contribution < -0.4 is 4.74 Å². The van der Waals surface area contributed by atoms with E-state index in [0.717, 1.165) is 16.9 Å². The number of benzene rings is 2. The Bertz CT molecular complexity index is 813. The zero-order valence-corrected chi connectivity index (χ0v) is 16.3. The molecule has 5 heteroatoms. The van der Waals surface area contributed by atoms with E-state index in [4.69, 9.17) is 14.2 Å². The maximum Gasteiger partial charge on any atom is 0.161 e. The Morgan fingerprint density at radius 1 is 1.04 bits per heavy atom. The maximum atomic E-state index is 12.1. The molecule has 0 aromatic heterocycles. The van der Waals surface area contributed by atoms with E-state index in [1.54, 1.807) is 20.1 Å². The van der Waals surface area contributed by atoms with Gasteiger partial charge >= 0.3 is 0 Å². The van der Waals surface area contributed by atoms with Gasteiger partial charge in [-0.1, -0.05) is 42.5 Å². The highest BCUT2D eigenvalue weighted by atomic mass is 16.5. The van der Waals surface area contributed by atoms with E-state index < -0.39 is 11.7 Å². The summed E-state index contributed by atoms with van der Waals surface area (Å²) < 4.78 is 16.8. The summed E-state index contributed by atoms with van der Waals surface area (Å²) in [6.45, 7) is 2.43. The third-order valence-corrected chi connectivity index (χ3v) is 4.89. The van der Waals surface area contributed by atoms with Crippen LogP contribution in [0.1, 0.15) is 24.5 Å². The Kier molecular flexibility index (Phi) is 6.62. The first kappa shape index (κ1) is 20.3. The van der Waals surface area contributed by atoms with Crippen LogP contribution in [0.3, 0.4) is 0 Å². The fraction of sp³-hybridized carbons (Fsp3) is 0.348. The van der Waals surface area contributed by atoms with Crippen LogP contribution in [0.15, 0.2) is 66.2 Å². The number of hydrogen-bond acceptors (Lipinski definition) is 5. The molecule has 0 unspecified atom stereocenters. The molecule has 2 aromatic rings. The minimum Gasteiger partial charge on any atom is -0.497 e. The van der Waals surface area contributed by atoms with Crippen molar-refractivity contribution in [1.82, 2.24) is 0 Å². The second-order valence-electron chi connectivity index (χ2n) is 7.07. The average Bonchev–Trinajstić information content (AvgIpc) is 2.71. The van der Waals surface area contributed by atoms with E-state index in [1.165, 1.54) is 0 Å². The molecule has 1 aliphatic carbocycles. The Labute approximate surface area is 165 Å². The molecule has 2 atom stereocenters. The summed E-state index contributed by atoms with van der Waals surface area (Å²) in [5.41, 5.74) is 1.15. The topological polar surface area (TPSA) is 65.0 Å². The molecule has 5 nitrogen and oxygen atoms in total. The van der Waals surface area contributed by atoms with E-state index in [-0.39, 0.29) is 18.8 Å². The molecular formula is C23H26O5. The van der Waals surface area contributed by atoms with Crippen LogP contribution in [0, 0.1) is 0 Å². The summed E-state index contributed by atoms with van der Waals surface area (Å²) in [6.07, 6.45) is 1.06. The SMILES string of the molecule is COc1ccc(COC[C@@]2(O)C=C(C)C(=O)C[C@H]2OCc2ccccc2)cc1. The molecule has 0 aliphatic heterocycles. The number of carbonyl (C=O) groups excluding carboxylic acids is 1. The summed E-state index contributed by atoms with van der Waals surface area (Å²) in [5, 5.41) is 11.2. The smallest absolute Gasteiger partial charge is 0.161 e. The Morgan fingerprint density at radius 3 is 2.39 bits per heavy atom. The van der Waals surface area contributed by atoms with Crippen LogP contribution in [0.2, 0.25) is 0 Å². The first-order valence-electron chi connectivity index (χ1n) is 9.31. The molecule has 0 heterocycles. The summed E-state index contributed by atoms with van der Waals surface area (Å²) in [4.78, 5) is 12.1. The number of Topliss-reactive ketones (excluding diaryl/α,β-unsaturated/α-hetero) is 1. The van der Waals surface area contributed by atoms with Gasteiger partial charge in [-0.05, 0) is 41.8 Å². The molecule has 3 rings (SSSR count). The summed E-state index contributed by atoms with van der Waals surface area (Å²) in [6, 6.07) is 17.2. The number of carbonyl (C=O) groups is 1. The van der Waals surface area contributed by atoms with Crippen molar-refractivity contribution >= 4 is 5.78 Å². The van der Waals surface area contributed by atoms with E-state index in [1.807, 2.05) is 54.6 Å². The largest absolute Gasteiger partial charge is 0.497 e. The lowest BCUT2D eigenvalue weighted by molar-refractivity contribution is -0.144. The van der Waals surface area contributed by atoms with Crippen molar-refractivity contribution in [3.8, 4) is 5.75 Å². The minimum absolute atomic E-state index is 0.0158. The molecule has 0 saturated carbocycles. The van der Waals surface area contributed by atoms with Gasteiger partial charge in [-0.2, -0.15) is 0 Å². The Morgan fingerprint density at radius 2 is 1.71 bits per heavy atom. The second-order valence-corrected chi connectivity index (χ2v) is 7.07. The number of hydrogen-bond donors (Lipinski definition) is 1. The van der Waals surface area contributed by atoms with Gasteiger partial charge in [0.05, 0.1) is 33.0 Å². The third kappa shape index (κ3) is 5.07. The predicted molar refractivity (Wildman–Crippen MR) is 106 cm³/mol. The summed E-state index contributed by atoms with van der Waals surface area (Å²) in [5.74, 6) is 0.763. The molecule has 0 bridgehead atoms. The van der Waals surface area contributed by atoms with Crippen molar-refractivity contribution in [2.45, 2.75) is 38.3 Å². The molecule has 28 heavy (non-hydrogen) atoms. The van der Waals surface area contributed by atoms with Gasteiger partial charge in [-0.25, -0.2) is 0 Å². The van der Waals surface area contributed by atoms with Gasteiger partial charge in [0.1, 0.15) is 11.4 Å². The van der Waals surface area contributed by atoms with Crippen LogP contribution in [-0.4, -0.2) is 36.3 Å². The molecule has 1 aliphatic rings. The first-order valence-corrected chi connectivity index (χ1v) is 9.31. The van der Waals surface area contributed by atoms with Gasteiger partial charge in [-0.3, -0.25) is 4.79 Å². The first-order chi connectivity index (χ1) is 13.5. The lowest BCUT2D eigenvalue weighted by Gasteiger charge is -2.36. The zero-order valence-electron chi connectivity index (χ0n) is 16.3. The lowest BCUT2D eigenvalue weighted by atomic mass is 9.84. The van der Waals surface area contributed by atoms with E-state index in [2.05, 4.69) is 0 Å². The Balaban J connectivity index is 1.64. The monoisotopic (exact) mass is 382 g/mol. The standard InChI is InChI=1S/C23H26O5/c1-17-13-23(25,16-27-14-19-8-10-20(26-2)11-9-19)22(12-21(17)24)28-15-18-6-4-3-5-7-18/h3-11,13,22,25H,12,14-16H2,1-2H3/t22-,23+/m1/s1. The van der Waals surface area contributed by atoms with E-state index in [9.17, 15) is 9.90 Å². The van der Waals surface area contributed by atoms with E-state index >= 15 is 0 Å². The van der Waals surface area contributed by atoms with Crippen molar-refractivity contribution < 1.29 is 24.1 Å². The third-order valence-electron chi connectivity index (χ3n) is 4.89. The maximum absolute atomic E-state index is 12.1. The molecule has 0 amide bonds. The molecule has 0 radical (unpaired) electrons.